The predicted octanol–water partition coefficient (Wildman–Crippen LogP) is 2.17. The van der Waals surface area contributed by atoms with Crippen molar-refractivity contribution < 1.29 is 0 Å². The molecule has 0 unspecified atom stereocenters. The molecule has 0 aromatic heterocycles. The monoisotopic (exact) mass is 229 g/mol. The van der Waals surface area contributed by atoms with Gasteiger partial charge in [-0.25, -0.2) is 0 Å². The summed E-state index contributed by atoms with van der Waals surface area (Å²) in [6, 6.07) is 10.2. The van der Waals surface area contributed by atoms with Crippen LogP contribution in [-0.2, 0) is 0 Å². The molecule has 2 rings (SSSR count). The second-order valence-electron chi connectivity index (χ2n) is 4.31. The fourth-order valence-corrected chi connectivity index (χ4v) is 1.81. The third-order valence-electron chi connectivity index (χ3n) is 2.71. The van der Waals surface area contributed by atoms with Crippen LogP contribution in [0.4, 0.5) is 0 Å². The van der Waals surface area contributed by atoms with Gasteiger partial charge in [-0.15, -0.1) is 0 Å². The van der Waals surface area contributed by atoms with Crippen LogP contribution < -0.4 is 0 Å². The summed E-state index contributed by atoms with van der Waals surface area (Å²) in [4.78, 5) is 8.91. The number of hydrogen-bond donors (Lipinski definition) is 0. The molecule has 1 aromatic rings. The summed E-state index contributed by atoms with van der Waals surface area (Å²) in [6.45, 7) is 2.97. The molecule has 1 aliphatic rings. The molecule has 1 aromatic carbocycles. The zero-order chi connectivity index (χ0) is 11.9. The maximum Gasteiger partial charge on any atom is 0.0890 e. The van der Waals surface area contributed by atoms with Crippen molar-refractivity contribution in [2.24, 2.45) is 4.99 Å². The molecule has 1 aliphatic heterocycles. The average Bonchev–Trinajstić information content (AvgIpc) is 2.76. The van der Waals surface area contributed by atoms with Crippen LogP contribution in [0, 0.1) is 0 Å². The molecule has 3 heteroatoms. The minimum Gasteiger partial charge on any atom is -0.362 e. The van der Waals surface area contributed by atoms with Crippen LogP contribution in [-0.4, -0.2) is 42.8 Å². The predicted molar refractivity (Wildman–Crippen MR) is 72.0 cm³/mol. The van der Waals surface area contributed by atoms with Crippen LogP contribution in [0.3, 0.4) is 0 Å². The molecule has 0 saturated carbocycles. The number of rotatable bonds is 5. The lowest BCUT2D eigenvalue weighted by atomic mass is 10.2. The van der Waals surface area contributed by atoms with Gasteiger partial charge >= 0.3 is 0 Å². The number of benzene rings is 1. The van der Waals surface area contributed by atoms with E-state index in [-0.39, 0.29) is 0 Å². The van der Waals surface area contributed by atoms with E-state index in [0.29, 0.717) is 0 Å². The van der Waals surface area contributed by atoms with E-state index in [2.05, 4.69) is 46.4 Å². The van der Waals surface area contributed by atoms with Gasteiger partial charge in [0.25, 0.3) is 0 Å². The first-order chi connectivity index (χ1) is 8.34. The van der Waals surface area contributed by atoms with Gasteiger partial charge in [0.2, 0.25) is 0 Å². The van der Waals surface area contributed by atoms with E-state index in [1.165, 1.54) is 5.56 Å². The van der Waals surface area contributed by atoms with E-state index in [4.69, 9.17) is 0 Å². The quantitative estimate of drug-likeness (QED) is 0.569. The Morgan fingerprint density at radius 3 is 2.76 bits per heavy atom. The van der Waals surface area contributed by atoms with Gasteiger partial charge in [-0.1, -0.05) is 30.3 Å². The minimum atomic E-state index is 0.892. The second kappa shape index (κ2) is 6.09. The van der Waals surface area contributed by atoms with Gasteiger partial charge in [-0.3, -0.25) is 4.99 Å². The Balaban J connectivity index is 1.63. The van der Waals surface area contributed by atoms with Crippen LogP contribution >= 0.6 is 0 Å². The van der Waals surface area contributed by atoms with Crippen molar-refractivity contribution in [3.63, 3.8) is 0 Å². The normalized spacial score (nSPS) is 15.1. The lowest BCUT2D eigenvalue weighted by Crippen LogP contribution is -2.23. The molecule has 0 N–H and O–H groups in total. The molecule has 0 amide bonds. The smallest absolute Gasteiger partial charge is 0.0890 e. The number of aliphatic imine (C=N–C) groups is 1. The average molecular weight is 229 g/mol. The minimum absolute atomic E-state index is 0.892. The second-order valence-corrected chi connectivity index (χ2v) is 4.31. The maximum atomic E-state index is 4.43. The van der Waals surface area contributed by atoms with Crippen LogP contribution in [0.1, 0.15) is 12.0 Å². The highest BCUT2D eigenvalue weighted by molar-refractivity contribution is 5.79. The summed E-state index contributed by atoms with van der Waals surface area (Å²) < 4.78 is 0. The lowest BCUT2D eigenvalue weighted by molar-refractivity contribution is 0.295. The first-order valence-electron chi connectivity index (χ1n) is 6.02. The Morgan fingerprint density at radius 1 is 1.24 bits per heavy atom. The Labute approximate surface area is 103 Å². The zero-order valence-electron chi connectivity index (χ0n) is 10.3. The Kier molecular flexibility index (Phi) is 4.19. The Hall–Kier alpha value is -1.77. The molecule has 3 nitrogen and oxygen atoms in total. The molecule has 0 atom stereocenters. The highest BCUT2D eigenvalue weighted by Crippen LogP contribution is 2.04. The first-order valence-corrected chi connectivity index (χ1v) is 6.02. The van der Waals surface area contributed by atoms with Crippen molar-refractivity contribution in [1.82, 2.24) is 9.80 Å². The largest absolute Gasteiger partial charge is 0.362 e. The molecule has 0 fully saturated rings. The molecule has 1 heterocycles. The van der Waals surface area contributed by atoms with Crippen LogP contribution in [0.15, 0.2) is 47.7 Å². The zero-order valence-corrected chi connectivity index (χ0v) is 10.3. The van der Waals surface area contributed by atoms with Gasteiger partial charge in [0.15, 0.2) is 0 Å². The van der Waals surface area contributed by atoms with Crippen molar-refractivity contribution in [3.8, 4) is 0 Å². The Bertz CT molecular complexity index is 384. The maximum absolute atomic E-state index is 4.43. The van der Waals surface area contributed by atoms with Crippen LogP contribution in [0.5, 0.6) is 0 Å². The van der Waals surface area contributed by atoms with E-state index in [1.54, 1.807) is 0 Å². The molecule has 0 spiro atoms. The highest BCUT2D eigenvalue weighted by Gasteiger charge is 2.06. The van der Waals surface area contributed by atoms with Gasteiger partial charge in [0.1, 0.15) is 0 Å². The van der Waals surface area contributed by atoms with Crippen molar-refractivity contribution in [2.75, 3.05) is 26.8 Å². The van der Waals surface area contributed by atoms with E-state index in [0.717, 1.165) is 26.2 Å². The van der Waals surface area contributed by atoms with Gasteiger partial charge in [-0.2, -0.15) is 0 Å². The topological polar surface area (TPSA) is 18.8 Å². The van der Waals surface area contributed by atoms with E-state index in [1.807, 2.05) is 24.4 Å². The van der Waals surface area contributed by atoms with E-state index in [9.17, 15) is 0 Å². The fourth-order valence-electron chi connectivity index (χ4n) is 1.81. The molecule has 17 heavy (non-hydrogen) atoms. The number of nitrogens with zero attached hydrogens (tertiary/aromatic N) is 3. The van der Waals surface area contributed by atoms with E-state index >= 15 is 0 Å². The summed E-state index contributed by atoms with van der Waals surface area (Å²) in [5, 5.41) is 0. The summed E-state index contributed by atoms with van der Waals surface area (Å²) >= 11 is 0. The van der Waals surface area contributed by atoms with Crippen LogP contribution in [0.25, 0.3) is 0 Å². The lowest BCUT2D eigenvalue weighted by Gasteiger charge is -2.17. The molecular formula is C14H19N3. The summed E-state index contributed by atoms with van der Waals surface area (Å²) in [7, 11) is 2.09. The SMILES string of the molecule is CN1C=CN(CCCN=Cc2ccccc2)C1. The Morgan fingerprint density at radius 2 is 2.06 bits per heavy atom. The molecule has 0 radical (unpaired) electrons. The van der Waals surface area contributed by atoms with Gasteiger partial charge in [0.05, 0.1) is 6.67 Å². The van der Waals surface area contributed by atoms with Crippen LogP contribution in [0.2, 0.25) is 0 Å². The molecular weight excluding hydrogens is 210 g/mol. The van der Waals surface area contributed by atoms with Crippen molar-refractivity contribution in [2.45, 2.75) is 6.42 Å². The van der Waals surface area contributed by atoms with Crippen molar-refractivity contribution in [1.29, 1.82) is 0 Å². The summed E-state index contributed by atoms with van der Waals surface area (Å²) in [6.07, 6.45) is 7.29. The van der Waals surface area contributed by atoms with Gasteiger partial charge < -0.3 is 9.80 Å². The highest BCUT2D eigenvalue weighted by atomic mass is 15.3. The molecule has 0 aliphatic carbocycles. The fraction of sp³-hybridized carbons (Fsp3) is 0.357. The standard InChI is InChI=1S/C14H19N3/c1-16-10-11-17(13-16)9-5-8-15-12-14-6-3-2-4-7-14/h2-4,6-7,10-12H,5,8-9,13H2,1H3. The summed E-state index contributed by atoms with van der Waals surface area (Å²) in [5.74, 6) is 0. The summed E-state index contributed by atoms with van der Waals surface area (Å²) in [5.41, 5.74) is 1.17. The van der Waals surface area contributed by atoms with Crippen molar-refractivity contribution >= 4 is 6.21 Å². The van der Waals surface area contributed by atoms with E-state index < -0.39 is 0 Å². The third kappa shape index (κ3) is 3.94. The molecule has 90 valence electrons. The van der Waals surface area contributed by atoms with Gasteiger partial charge in [0, 0.05) is 38.8 Å². The first kappa shape index (κ1) is 11.7. The van der Waals surface area contributed by atoms with Crippen molar-refractivity contribution in [3.05, 3.63) is 48.3 Å². The van der Waals surface area contributed by atoms with Gasteiger partial charge in [-0.05, 0) is 12.0 Å². The number of hydrogen-bond acceptors (Lipinski definition) is 3. The molecule has 0 bridgehead atoms. The third-order valence-corrected chi connectivity index (χ3v) is 2.71. The molecule has 0 saturated heterocycles.